The maximum Gasteiger partial charge on any atom is 0.323 e. The Balaban J connectivity index is 1.62. The largest absolute Gasteiger partial charge is 0.471 e. The van der Waals surface area contributed by atoms with E-state index in [9.17, 15) is 9.59 Å². The summed E-state index contributed by atoms with van der Waals surface area (Å²) in [7, 11) is 0. The summed E-state index contributed by atoms with van der Waals surface area (Å²) in [5, 5.41) is 0. The Bertz CT molecular complexity index is 650. The highest BCUT2D eigenvalue weighted by Crippen LogP contribution is 2.16. The number of H-pyrrole nitrogens is 2. The number of nitrogens with zero attached hydrogens (tertiary/aromatic N) is 3. The van der Waals surface area contributed by atoms with Crippen LogP contribution < -0.4 is 10.4 Å². The van der Waals surface area contributed by atoms with Gasteiger partial charge in [0.2, 0.25) is 5.88 Å². The second kappa shape index (κ2) is 5.16. The van der Waals surface area contributed by atoms with E-state index in [2.05, 4.69) is 19.9 Å². The number of ether oxygens (including phenoxy) is 1. The standard InChI is InChI=1S/C12H13N5O3/c18-11(9-5-15-12(19)16-9)17-4-1-8(7-17)20-10-6-13-2-3-14-10/h2-3,5-6,8H,1,4,7H2,(H2,15,16,19)/t8-/m1/s1. The van der Waals surface area contributed by atoms with E-state index in [1.807, 2.05) is 0 Å². The SMILES string of the molecule is O=C(c1c[nH]c(=O)[nH]1)N1CC[C@@H](Oc2cnccn2)C1. The normalized spacial score (nSPS) is 18.2. The van der Waals surface area contributed by atoms with Crippen LogP contribution in [0.15, 0.2) is 29.6 Å². The van der Waals surface area contributed by atoms with Crippen LogP contribution in [0.5, 0.6) is 5.88 Å². The third-order valence-electron chi connectivity index (χ3n) is 3.09. The fraction of sp³-hybridized carbons (Fsp3) is 0.333. The summed E-state index contributed by atoms with van der Waals surface area (Å²) in [6.07, 6.45) is 6.64. The fourth-order valence-electron chi connectivity index (χ4n) is 2.14. The molecule has 8 heteroatoms. The van der Waals surface area contributed by atoms with Crippen LogP contribution in [0.1, 0.15) is 16.9 Å². The molecule has 0 unspecified atom stereocenters. The molecule has 0 spiro atoms. The van der Waals surface area contributed by atoms with Crippen LogP contribution in [0.4, 0.5) is 0 Å². The number of rotatable bonds is 3. The molecule has 0 saturated carbocycles. The zero-order valence-corrected chi connectivity index (χ0v) is 10.6. The summed E-state index contributed by atoms with van der Waals surface area (Å²) in [5.41, 5.74) is -0.130. The lowest BCUT2D eigenvalue weighted by Crippen LogP contribution is -2.31. The van der Waals surface area contributed by atoms with Crippen LogP contribution in [-0.4, -0.2) is 49.9 Å². The second-order valence-electron chi connectivity index (χ2n) is 4.48. The van der Waals surface area contributed by atoms with Crippen molar-refractivity contribution in [3.8, 4) is 5.88 Å². The predicted octanol–water partition coefficient (Wildman–Crippen LogP) is -0.214. The van der Waals surface area contributed by atoms with Crippen molar-refractivity contribution in [2.45, 2.75) is 12.5 Å². The average molecular weight is 275 g/mol. The molecule has 2 N–H and O–H groups in total. The Morgan fingerprint density at radius 1 is 1.45 bits per heavy atom. The number of hydrogen-bond acceptors (Lipinski definition) is 5. The Hall–Kier alpha value is -2.64. The van der Waals surface area contributed by atoms with Crippen molar-refractivity contribution in [2.75, 3.05) is 13.1 Å². The minimum Gasteiger partial charge on any atom is -0.471 e. The number of carbonyl (C=O) groups is 1. The molecule has 20 heavy (non-hydrogen) atoms. The molecule has 2 aromatic rings. The molecule has 1 fully saturated rings. The van der Waals surface area contributed by atoms with E-state index in [1.54, 1.807) is 17.3 Å². The monoisotopic (exact) mass is 275 g/mol. The van der Waals surface area contributed by atoms with Gasteiger partial charge < -0.3 is 19.6 Å². The quantitative estimate of drug-likeness (QED) is 0.806. The molecule has 8 nitrogen and oxygen atoms in total. The highest BCUT2D eigenvalue weighted by Gasteiger charge is 2.29. The van der Waals surface area contributed by atoms with E-state index in [1.165, 1.54) is 12.4 Å². The highest BCUT2D eigenvalue weighted by atomic mass is 16.5. The predicted molar refractivity (Wildman–Crippen MR) is 68.4 cm³/mol. The van der Waals surface area contributed by atoms with Gasteiger partial charge in [-0.25, -0.2) is 9.78 Å². The van der Waals surface area contributed by atoms with Crippen molar-refractivity contribution in [2.24, 2.45) is 0 Å². The molecule has 3 heterocycles. The molecule has 3 rings (SSSR count). The number of imidazole rings is 1. The maximum absolute atomic E-state index is 12.1. The molecule has 1 aliphatic heterocycles. The van der Waals surface area contributed by atoms with Gasteiger partial charge in [0.05, 0.1) is 12.7 Å². The number of aromatic nitrogens is 4. The summed E-state index contributed by atoms with van der Waals surface area (Å²) in [6.45, 7) is 1.04. The van der Waals surface area contributed by atoms with Gasteiger partial charge >= 0.3 is 5.69 Å². The maximum atomic E-state index is 12.1. The van der Waals surface area contributed by atoms with E-state index in [0.29, 0.717) is 19.0 Å². The molecule has 0 bridgehead atoms. The van der Waals surface area contributed by atoms with Crippen molar-refractivity contribution in [3.05, 3.63) is 41.0 Å². The minimum atomic E-state index is -0.389. The molecule has 0 aromatic carbocycles. The van der Waals surface area contributed by atoms with Gasteiger partial charge in [-0.15, -0.1) is 0 Å². The van der Waals surface area contributed by atoms with Gasteiger partial charge in [0.25, 0.3) is 5.91 Å². The van der Waals surface area contributed by atoms with Crippen LogP contribution in [0.25, 0.3) is 0 Å². The second-order valence-corrected chi connectivity index (χ2v) is 4.48. The molecule has 1 amide bonds. The van der Waals surface area contributed by atoms with Crippen LogP contribution in [-0.2, 0) is 0 Å². The number of aromatic amines is 2. The number of likely N-dealkylation sites (tertiary alicyclic amines) is 1. The molecule has 0 aliphatic carbocycles. The molecular formula is C12H13N5O3. The van der Waals surface area contributed by atoms with Crippen LogP contribution in [0.2, 0.25) is 0 Å². The smallest absolute Gasteiger partial charge is 0.323 e. The first kappa shape index (κ1) is 12.4. The van der Waals surface area contributed by atoms with Crippen molar-refractivity contribution in [1.82, 2.24) is 24.8 Å². The summed E-state index contributed by atoms with van der Waals surface area (Å²) < 4.78 is 5.65. The third-order valence-corrected chi connectivity index (χ3v) is 3.09. The van der Waals surface area contributed by atoms with Crippen LogP contribution >= 0.6 is 0 Å². The van der Waals surface area contributed by atoms with Crippen LogP contribution in [0, 0.1) is 0 Å². The lowest BCUT2D eigenvalue weighted by molar-refractivity contribution is 0.0765. The number of carbonyl (C=O) groups excluding carboxylic acids is 1. The van der Waals surface area contributed by atoms with Gasteiger partial charge in [0, 0.05) is 31.6 Å². The number of nitrogens with one attached hydrogen (secondary N) is 2. The fourth-order valence-corrected chi connectivity index (χ4v) is 2.14. The number of hydrogen-bond donors (Lipinski definition) is 2. The Kier molecular flexibility index (Phi) is 3.20. The van der Waals surface area contributed by atoms with E-state index in [-0.39, 0.29) is 23.4 Å². The first-order chi connectivity index (χ1) is 9.72. The van der Waals surface area contributed by atoms with E-state index in [4.69, 9.17) is 4.74 Å². The first-order valence-electron chi connectivity index (χ1n) is 6.22. The molecular weight excluding hydrogens is 262 g/mol. The molecule has 1 atom stereocenters. The molecule has 2 aromatic heterocycles. The van der Waals surface area contributed by atoms with Crippen molar-refractivity contribution in [1.29, 1.82) is 0 Å². The van der Waals surface area contributed by atoms with E-state index >= 15 is 0 Å². The highest BCUT2D eigenvalue weighted by molar-refractivity contribution is 5.92. The van der Waals surface area contributed by atoms with Gasteiger partial charge in [-0.1, -0.05) is 0 Å². The van der Waals surface area contributed by atoms with Gasteiger partial charge in [-0.3, -0.25) is 9.78 Å². The lowest BCUT2D eigenvalue weighted by Gasteiger charge is -2.15. The van der Waals surface area contributed by atoms with Gasteiger partial charge in [0.1, 0.15) is 11.8 Å². The Morgan fingerprint density at radius 2 is 2.35 bits per heavy atom. The van der Waals surface area contributed by atoms with Gasteiger partial charge in [0.15, 0.2) is 0 Å². The molecule has 1 saturated heterocycles. The Labute approximate surface area is 113 Å². The van der Waals surface area contributed by atoms with E-state index in [0.717, 1.165) is 6.42 Å². The molecule has 0 radical (unpaired) electrons. The molecule has 104 valence electrons. The summed E-state index contributed by atoms with van der Waals surface area (Å²) in [5.74, 6) is 0.232. The minimum absolute atomic E-state index is 0.110. The Morgan fingerprint density at radius 3 is 3.05 bits per heavy atom. The van der Waals surface area contributed by atoms with Crippen molar-refractivity contribution < 1.29 is 9.53 Å². The van der Waals surface area contributed by atoms with Gasteiger partial charge in [-0.05, 0) is 0 Å². The van der Waals surface area contributed by atoms with Gasteiger partial charge in [-0.2, -0.15) is 0 Å². The molecule has 1 aliphatic rings. The van der Waals surface area contributed by atoms with E-state index < -0.39 is 0 Å². The topological polar surface area (TPSA) is 104 Å². The first-order valence-corrected chi connectivity index (χ1v) is 6.22. The number of amides is 1. The zero-order chi connectivity index (χ0) is 13.9. The van der Waals surface area contributed by atoms with Crippen molar-refractivity contribution >= 4 is 5.91 Å². The third kappa shape index (κ3) is 2.53. The summed E-state index contributed by atoms with van der Waals surface area (Å²) in [6, 6.07) is 0. The summed E-state index contributed by atoms with van der Waals surface area (Å²) in [4.78, 5) is 37.6. The lowest BCUT2D eigenvalue weighted by atomic mass is 10.3. The van der Waals surface area contributed by atoms with Crippen molar-refractivity contribution in [3.63, 3.8) is 0 Å². The average Bonchev–Trinajstić information content (AvgIpc) is 3.08. The van der Waals surface area contributed by atoms with Crippen LogP contribution in [0.3, 0.4) is 0 Å². The zero-order valence-electron chi connectivity index (χ0n) is 10.6. The summed E-state index contributed by atoms with van der Waals surface area (Å²) >= 11 is 0.